The Hall–Kier alpha value is -1.14. The van der Waals surface area contributed by atoms with Gasteiger partial charge in [0.15, 0.2) is 0 Å². The summed E-state index contributed by atoms with van der Waals surface area (Å²) >= 11 is 0. The first-order valence-electron chi connectivity index (χ1n) is 7.90. The number of rotatable bonds is 5. The van der Waals surface area contributed by atoms with Gasteiger partial charge in [0.05, 0.1) is 18.2 Å². The van der Waals surface area contributed by atoms with Gasteiger partial charge in [0.25, 0.3) is 0 Å². The largest absolute Gasteiger partial charge is 0.375 e. The van der Waals surface area contributed by atoms with Gasteiger partial charge in [0, 0.05) is 26.1 Å². The second-order valence-electron chi connectivity index (χ2n) is 6.30. The lowest BCUT2D eigenvalue weighted by atomic mass is 9.81. The number of nitrogens with zero attached hydrogens (tertiary/aromatic N) is 1. The molecule has 0 aromatic carbocycles. The third-order valence-electron chi connectivity index (χ3n) is 4.90. The van der Waals surface area contributed by atoms with Gasteiger partial charge < -0.3 is 19.7 Å². The number of carbonyl (C=O) groups is 2. The van der Waals surface area contributed by atoms with Crippen molar-refractivity contribution in [2.45, 2.75) is 50.4 Å². The van der Waals surface area contributed by atoms with Crippen LogP contribution in [0.2, 0.25) is 0 Å². The average molecular weight is 296 g/mol. The maximum atomic E-state index is 12.2. The van der Waals surface area contributed by atoms with Crippen molar-refractivity contribution in [1.29, 1.82) is 0 Å². The summed E-state index contributed by atoms with van der Waals surface area (Å²) < 4.78 is 10.8. The summed E-state index contributed by atoms with van der Waals surface area (Å²) in [5.74, 6) is 0.494. The van der Waals surface area contributed by atoms with Gasteiger partial charge in [0.2, 0.25) is 11.8 Å². The topological polar surface area (TPSA) is 67.9 Å². The molecule has 2 aliphatic heterocycles. The van der Waals surface area contributed by atoms with Gasteiger partial charge in [-0.25, -0.2) is 0 Å². The van der Waals surface area contributed by atoms with E-state index in [1.54, 1.807) is 0 Å². The molecule has 2 amide bonds. The van der Waals surface area contributed by atoms with Gasteiger partial charge in [-0.1, -0.05) is 6.42 Å². The summed E-state index contributed by atoms with van der Waals surface area (Å²) in [4.78, 5) is 25.6. The van der Waals surface area contributed by atoms with Gasteiger partial charge in [-0.05, 0) is 25.7 Å². The Labute approximate surface area is 125 Å². The van der Waals surface area contributed by atoms with Crippen molar-refractivity contribution in [3.63, 3.8) is 0 Å². The monoisotopic (exact) mass is 296 g/mol. The zero-order valence-electron chi connectivity index (χ0n) is 12.5. The van der Waals surface area contributed by atoms with Crippen LogP contribution in [0.1, 0.15) is 32.1 Å². The number of methoxy groups -OCH3 is 1. The lowest BCUT2D eigenvalue weighted by Crippen LogP contribution is -2.67. The molecule has 0 unspecified atom stereocenters. The van der Waals surface area contributed by atoms with Crippen LogP contribution in [0.5, 0.6) is 0 Å². The zero-order valence-corrected chi connectivity index (χ0v) is 12.5. The summed E-state index contributed by atoms with van der Waals surface area (Å²) in [7, 11) is 1.50. The molecule has 1 N–H and O–H groups in total. The predicted octanol–water partition coefficient (Wildman–Crippen LogP) is 0.308. The molecule has 21 heavy (non-hydrogen) atoms. The van der Waals surface area contributed by atoms with E-state index >= 15 is 0 Å². The summed E-state index contributed by atoms with van der Waals surface area (Å²) in [6.45, 7) is 1.34. The Morgan fingerprint density at radius 1 is 1.29 bits per heavy atom. The minimum atomic E-state index is -0.112. The molecule has 0 aromatic heterocycles. The molecule has 6 nitrogen and oxygen atoms in total. The number of hydrogen-bond donors (Lipinski definition) is 1. The molecular weight excluding hydrogens is 272 g/mol. The summed E-state index contributed by atoms with van der Waals surface area (Å²) in [5, 5.41) is 2.81. The van der Waals surface area contributed by atoms with Crippen molar-refractivity contribution >= 4 is 11.8 Å². The van der Waals surface area contributed by atoms with Crippen molar-refractivity contribution in [2.24, 2.45) is 5.92 Å². The SMILES string of the molecule is COCC(=O)NC[C@@H]1CC[C@@H]2[C@@H](CN2C(=O)C2CCC2)O1. The molecule has 6 heteroatoms. The van der Waals surface area contributed by atoms with Gasteiger partial charge in [-0.15, -0.1) is 0 Å². The number of nitrogens with one attached hydrogen (secondary N) is 1. The summed E-state index contributed by atoms with van der Waals surface area (Å²) in [5.41, 5.74) is 0. The first-order chi connectivity index (χ1) is 10.2. The quantitative estimate of drug-likeness (QED) is 0.793. The predicted molar refractivity (Wildman–Crippen MR) is 75.6 cm³/mol. The highest BCUT2D eigenvalue weighted by Gasteiger charge is 2.48. The minimum absolute atomic E-state index is 0.0630. The van der Waals surface area contributed by atoms with Crippen LogP contribution in [-0.4, -0.2) is 61.8 Å². The first kappa shape index (κ1) is 14.8. The molecule has 118 valence electrons. The lowest BCUT2D eigenvalue weighted by molar-refractivity contribution is -0.186. The maximum absolute atomic E-state index is 12.2. The Kier molecular flexibility index (Phi) is 4.45. The highest BCUT2D eigenvalue weighted by Crippen LogP contribution is 2.36. The Balaban J connectivity index is 1.40. The first-order valence-corrected chi connectivity index (χ1v) is 7.90. The molecule has 0 spiro atoms. The molecule has 0 radical (unpaired) electrons. The lowest BCUT2D eigenvalue weighted by Gasteiger charge is -2.53. The summed E-state index contributed by atoms with van der Waals surface area (Å²) in [6, 6.07) is 0.268. The van der Waals surface area contributed by atoms with Crippen LogP contribution < -0.4 is 5.32 Å². The minimum Gasteiger partial charge on any atom is -0.375 e. The van der Waals surface area contributed by atoms with E-state index < -0.39 is 0 Å². The van der Waals surface area contributed by atoms with Crippen LogP contribution in [0.25, 0.3) is 0 Å². The normalized spacial score (nSPS) is 31.9. The fraction of sp³-hybridized carbons (Fsp3) is 0.867. The number of amides is 2. The van der Waals surface area contributed by atoms with Gasteiger partial charge in [0.1, 0.15) is 6.61 Å². The second kappa shape index (κ2) is 6.32. The van der Waals surface area contributed by atoms with Crippen LogP contribution in [-0.2, 0) is 19.1 Å². The van der Waals surface area contributed by atoms with Crippen LogP contribution in [0.3, 0.4) is 0 Å². The number of hydrogen-bond acceptors (Lipinski definition) is 4. The van der Waals surface area contributed by atoms with E-state index in [-0.39, 0.29) is 36.7 Å². The van der Waals surface area contributed by atoms with E-state index in [2.05, 4.69) is 5.32 Å². The number of ether oxygens (including phenoxy) is 2. The Bertz CT molecular complexity index is 410. The smallest absolute Gasteiger partial charge is 0.246 e. The van der Waals surface area contributed by atoms with Crippen LogP contribution in [0.4, 0.5) is 0 Å². The number of carbonyl (C=O) groups excluding carboxylic acids is 2. The van der Waals surface area contributed by atoms with Gasteiger partial charge in [-0.3, -0.25) is 9.59 Å². The van der Waals surface area contributed by atoms with Gasteiger partial charge in [-0.2, -0.15) is 0 Å². The Morgan fingerprint density at radius 2 is 2.10 bits per heavy atom. The van der Waals surface area contributed by atoms with Crippen molar-refractivity contribution in [3.05, 3.63) is 0 Å². The highest BCUT2D eigenvalue weighted by atomic mass is 16.5. The van der Waals surface area contributed by atoms with E-state index in [9.17, 15) is 9.59 Å². The molecule has 1 saturated carbocycles. The standard InChI is InChI=1S/C15H24N2O4/c1-20-9-14(18)16-7-11-5-6-12-13(21-11)8-17(12)15(19)10-3-2-4-10/h10-13H,2-9H2,1H3,(H,16,18)/t11-,12+,13+/m0/s1. The number of fused-ring (bicyclic) bond motifs is 1. The summed E-state index contributed by atoms with van der Waals surface area (Å²) in [6.07, 6.45) is 5.40. The molecule has 3 rings (SSSR count). The molecule has 2 saturated heterocycles. The third-order valence-corrected chi connectivity index (χ3v) is 4.90. The Morgan fingerprint density at radius 3 is 2.71 bits per heavy atom. The average Bonchev–Trinajstić information content (AvgIpc) is 2.36. The van der Waals surface area contributed by atoms with Gasteiger partial charge >= 0.3 is 0 Å². The van der Waals surface area contributed by atoms with Crippen molar-refractivity contribution in [1.82, 2.24) is 10.2 Å². The molecule has 3 fully saturated rings. The molecule has 2 heterocycles. The van der Waals surface area contributed by atoms with Crippen LogP contribution in [0, 0.1) is 5.92 Å². The molecular formula is C15H24N2O4. The van der Waals surface area contributed by atoms with Crippen molar-refractivity contribution in [3.8, 4) is 0 Å². The second-order valence-corrected chi connectivity index (χ2v) is 6.30. The highest BCUT2D eigenvalue weighted by molar-refractivity contribution is 5.81. The van der Waals surface area contributed by atoms with Crippen molar-refractivity contribution in [2.75, 3.05) is 26.8 Å². The molecule has 3 aliphatic rings. The molecule has 0 bridgehead atoms. The maximum Gasteiger partial charge on any atom is 0.246 e. The van der Waals surface area contributed by atoms with Crippen molar-refractivity contribution < 1.29 is 19.1 Å². The molecule has 0 aromatic rings. The fourth-order valence-electron chi connectivity index (χ4n) is 3.36. The van der Waals surface area contributed by atoms with E-state index in [4.69, 9.17) is 9.47 Å². The zero-order chi connectivity index (χ0) is 14.8. The molecule has 1 aliphatic carbocycles. The van der Waals surface area contributed by atoms with E-state index in [1.807, 2.05) is 4.90 Å². The van der Waals surface area contributed by atoms with Crippen LogP contribution in [0.15, 0.2) is 0 Å². The van der Waals surface area contributed by atoms with E-state index in [0.29, 0.717) is 12.5 Å². The molecule has 3 atom stereocenters. The van der Waals surface area contributed by atoms with E-state index in [0.717, 1.165) is 32.2 Å². The van der Waals surface area contributed by atoms with Crippen LogP contribution >= 0.6 is 0 Å². The fourth-order valence-corrected chi connectivity index (χ4v) is 3.36. The number of likely N-dealkylation sites (tertiary alicyclic amines) is 1. The van der Waals surface area contributed by atoms with E-state index in [1.165, 1.54) is 13.5 Å². The third kappa shape index (κ3) is 3.06.